The number of hydrogen-bond donors (Lipinski definition) is 5. The van der Waals surface area contributed by atoms with E-state index in [9.17, 15) is 9.90 Å². The molecule has 9 heteroatoms. The summed E-state index contributed by atoms with van der Waals surface area (Å²) in [7, 11) is 2.61. The van der Waals surface area contributed by atoms with Crippen molar-refractivity contribution >= 4 is 43.4 Å². The molecule has 0 radical (unpaired) electrons. The van der Waals surface area contributed by atoms with Crippen LogP contribution in [0.4, 0.5) is 5.82 Å². The highest BCUT2D eigenvalue weighted by atomic mass is 35.5. The van der Waals surface area contributed by atoms with Gasteiger partial charge in [0, 0.05) is 24.3 Å². The van der Waals surface area contributed by atoms with E-state index in [-0.39, 0.29) is 18.6 Å². The predicted octanol–water partition coefficient (Wildman–Crippen LogP) is 3.22. The van der Waals surface area contributed by atoms with E-state index in [0.717, 1.165) is 34.7 Å². The number of aliphatic hydroxyl groups excluding tert-OH is 2. The van der Waals surface area contributed by atoms with Crippen LogP contribution in [-0.4, -0.2) is 40.3 Å². The van der Waals surface area contributed by atoms with Gasteiger partial charge in [0.15, 0.2) is 0 Å². The summed E-state index contributed by atoms with van der Waals surface area (Å²) in [5.74, 6) is 0.285. The fourth-order valence-corrected chi connectivity index (χ4v) is 3.95. The minimum absolute atomic E-state index is 0.0779. The summed E-state index contributed by atoms with van der Waals surface area (Å²) >= 11 is 6.42. The van der Waals surface area contributed by atoms with Crippen molar-refractivity contribution < 1.29 is 15.0 Å². The van der Waals surface area contributed by atoms with E-state index < -0.39 is 6.04 Å². The molecule has 3 rings (SSSR count). The Kier molecular flexibility index (Phi) is 8.89. The number of carbonyl (C=O) groups excluding carboxylic acids is 1. The summed E-state index contributed by atoms with van der Waals surface area (Å²) in [5, 5.41) is 29.5. The highest BCUT2D eigenvalue weighted by Crippen LogP contribution is 2.29. The molecular weight excluding hydrogens is 459 g/mol. The molecule has 5 N–H and O–H groups in total. The molecule has 1 aromatic carbocycles. The number of nitrogens with zero attached hydrogens (tertiary/aromatic N) is 1. The van der Waals surface area contributed by atoms with E-state index in [2.05, 4.69) is 30.2 Å². The molecule has 0 fully saturated rings. The first-order valence-electron chi connectivity index (χ1n) is 10.6. The Morgan fingerprint density at radius 2 is 2.21 bits per heavy atom. The van der Waals surface area contributed by atoms with Gasteiger partial charge >= 0.3 is 0 Å². The van der Waals surface area contributed by atoms with Gasteiger partial charge < -0.3 is 26.2 Å². The van der Waals surface area contributed by atoms with Gasteiger partial charge in [0.25, 0.3) is 5.91 Å². The van der Waals surface area contributed by atoms with Crippen molar-refractivity contribution in [2.75, 3.05) is 18.5 Å². The Bertz CT molecular complexity index is 1090. The molecule has 1 aliphatic rings. The molecule has 2 heterocycles. The molecule has 3 atom stereocenters. The van der Waals surface area contributed by atoms with Crippen LogP contribution in [0.5, 0.6) is 0 Å². The van der Waals surface area contributed by atoms with Crippen LogP contribution in [0.2, 0.25) is 5.02 Å². The van der Waals surface area contributed by atoms with Crippen LogP contribution in [0, 0.1) is 0 Å². The van der Waals surface area contributed by atoms with Crippen molar-refractivity contribution in [2.45, 2.75) is 25.4 Å². The summed E-state index contributed by atoms with van der Waals surface area (Å²) in [4.78, 5) is 17.3. The van der Waals surface area contributed by atoms with E-state index in [4.69, 9.17) is 16.7 Å². The van der Waals surface area contributed by atoms with Gasteiger partial charge in [-0.05, 0) is 47.1 Å². The molecule has 33 heavy (non-hydrogen) atoms. The first-order valence-corrected chi connectivity index (χ1v) is 11.6. The molecule has 174 valence electrons. The number of carbonyl (C=O) groups is 1. The zero-order valence-corrected chi connectivity index (χ0v) is 20.2. The van der Waals surface area contributed by atoms with Gasteiger partial charge in [0.1, 0.15) is 11.5 Å². The number of nitrogens with one attached hydrogen (secondary N) is 3. The average Bonchev–Trinajstić information content (AvgIpc) is 2.83. The fraction of sp³-hybridized carbons (Fsp3) is 0.250. The maximum absolute atomic E-state index is 12.9. The van der Waals surface area contributed by atoms with Crippen molar-refractivity contribution in [1.29, 1.82) is 0 Å². The number of aromatic nitrogens is 1. The lowest BCUT2D eigenvalue weighted by molar-refractivity contribution is -0.118. The smallest absolute Gasteiger partial charge is 0.267 e. The van der Waals surface area contributed by atoms with Gasteiger partial charge in [-0.25, -0.2) is 4.98 Å². The Hall–Kier alpha value is -2.86. The van der Waals surface area contributed by atoms with Crippen molar-refractivity contribution in [3.8, 4) is 0 Å². The number of anilines is 1. The number of halogens is 1. The Balaban J connectivity index is 1.80. The van der Waals surface area contributed by atoms with Crippen LogP contribution in [0.25, 0.3) is 5.57 Å². The number of rotatable bonds is 9. The van der Waals surface area contributed by atoms with Crippen molar-refractivity contribution in [3.05, 3.63) is 82.9 Å². The second-order valence-corrected chi connectivity index (χ2v) is 8.60. The third kappa shape index (κ3) is 6.57. The molecule has 0 saturated heterocycles. The molecule has 7 nitrogen and oxygen atoms in total. The van der Waals surface area contributed by atoms with Crippen LogP contribution >= 0.6 is 20.8 Å². The summed E-state index contributed by atoms with van der Waals surface area (Å²) < 4.78 is 0. The molecule has 1 amide bonds. The third-order valence-electron chi connectivity index (χ3n) is 5.22. The minimum atomic E-state index is -0.527. The second-order valence-electron chi connectivity index (χ2n) is 7.53. The van der Waals surface area contributed by atoms with E-state index in [1.165, 1.54) is 0 Å². The quantitative estimate of drug-likeness (QED) is 0.275. The monoisotopic (exact) mass is 486 g/mol. The van der Waals surface area contributed by atoms with Gasteiger partial charge in [-0.15, -0.1) is 9.24 Å². The average molecular weight is 487 g/mol. The van der Waals surface area contributed by atoms with Gasteiger partial charge in [-0.3, -0.25) is 4.79 Å². The van der Waals surface area contributed by atoms with E-state index in [1.54, 1.807) is 18.3 Å². The summed E-state index contributed by atoms with van der Waals surface area (Å²) in [6.45, 7) is 2.22. The zero-order valence-electron chi connectivity index (χ0n) is 18.3. The minimum Gasteiger partial charge on any atom is -0.516 e. The number of pyridine rings is 1. The number of allylic oxidation sites excluding steroid dienone is 2. The van der Waals surface area contributed by atoms with Gasteiger partial charge in [-0.1, -0.05) is 42.8 Å². The maximum Gasteiger partial charge on any atom is 0.267 e. The molecular formula is C24H28ClN4O3P. The highest BCUT2D eigenvalue weighted by Gasteiger charge is 2.20. The number of hydrogen-bond acceptors (Lipinski definition) is 6. The first-order chi connectivity index (χ1) is 15.9. The number of amides is 1. The summed E-state index contributed by atoms with van der Waals surface area (Å²) in [5.41, 5.74) is 2.72. The predicted molar refractivity (Wildman–Crippen MR) is 137 cm³/mol. The lowest BCUT2D eigenvalue weighted by atomic mass is 10.0. The molecule has 2 aromatic rings. The van der Waals surface area contributed by atoms with Crippen molar-refractivity contribution in [2.24, 2.45) is 0 Å². The number of aliphatic hydroxyl groups is 2. The standard InChI is InChI=1S/C24H28ClN4O3P/c1-2-17(7-9-30)28-23-12-19(20(25)13-27-23)15-6-8-26-21(11-15)24(32)29-22(14-31)16-4-3-5-18(33)10-16/h3-7,9-13,17,22,26,30-31H,2,8,14,33H2,1H3,(H,27,28)(H,29,32)/b9-7+/t17-,22+/m0/s1. The van der Waals surface area contributed by atoms with Gasteiger partial charge in [0.2, 0.25) is 0 Å². The van der Waals surface area contributed by atoms with Crippen molar-refractivity contribution in [3.63, 3.8) is 0 Å². The van der Waals surface area contributed by atoms with E-state index in [1.807, 2.05) is 43.3 Å². The summed E-state index contributed by atoms with van der Waals surface area (Å²) in [6.07, 6.45) is 8.65. The van der Waals surface area contributed by atoms with Crippen LogP contribution in [-0.2, 0) is 4.79 Å². The molecule has 0 aliphatic carbocycles. The molecule has 1 aromatic heterocycles. The Morgan fingerprint density at radius 3 is 2.91 bits per heavy atom. The summed E-state index contributed by atoms with van der Waals surface area (Å²) in [6, 6.07) is 8.79. The van der Waals surface area contributed by atoms with E-state index in [0.29, 0.717) is 23.1 Å². The van der Waals surface area contributed by atoms with Gasteiger partial charge in [-0.2, -0.15) is 0 Å². The second kappa shape index (κ2) is 11.8. The first kappa shape index (κ1) is 24.8. The molecule has 0 saturated carbocycles. The molecule has 0 spiro atoms. The lowest BCUT2D eigenvalue weighted by Gasteiger charge is -2.21. The fourth-order valence-electron chi connectivity index (χ4n) is 3.44. The largest absolute Gasteiger partial charge is 0.516 e. The van der Waals surface area contributed by atoms with Crippen LogP contribution in [0.3, 0.4) is 0 Å². The number of benzene rings is 1. The zero-order chi connectivity index (χ0) is 23.8. The van der Waals surface area contributed by atoms with Crippen LogP contribution in [0.15, 0.2) is 66.7 Å². The molecule has 0 bridgehead atoms. The maximum atomic E-state index is 12.9. The van der Waals surface area contributed by atoms with Gasteiger partial charge in [0.05, 0.1) is 23.9 Å². The normalized spacial score (nSPS) is 15.3. The van der Waals surface area contributed by atoms with Crippen LogP contribution in [0.1, 0.15) is 30.5 Å². The van der Waals surface area contributed by atoms with Crippen molar-refractivity contribution in [1.82, 2.24) is 15.6 Å². The molecule has 1 unspecified atom stereocenters. The van der Waals surface area contributed by atoms with Crippen LogP contribution < -0.4 is 21.3 Å². The highest BCUT2D eigenvalue weighted by molar-refractivity contribution is 7.27. The molecule has 1 aliphatic heterocycles. The van der Waals surface area contributed by atoms with E-state index >= 15 is 0 Å². The Labute approximate surface area is 200 Å². The Morgan fingerprint density at radius 1 is 1.39 bits per heavy atom. The topological polar surface area (TPSA) is 107 Å². The third-order valence-corrected chi connectivity index (χ3v) is 5.88. The lowest BCUT2D eigenvalue weighted by Crippen LogP contribution is -2.37. The SMILES string of the molecule is CC[C@@H](/C=C/O)Nc1cc(C2=CCNC(C(=O)N[C@H](CO)c3cccc(P)c3)=C2)c(Cl)cn1. The number of dihydropyridines is 1.